The van der Waals surface area contributed by atoms with E-state index in [0.29, 0.717) is 25.9 Å². The van der Waals surface area contributed by atoms with E-state index in [1.165, 1.54) is 6.92 Å². The Hall–Kier alpha value is -0.290. The molecule has 1 amide bonds. The number of hydrogen-bond acceptors (Lipinski definition) is 3. The van der Waals surface area contributed by atoms with Gasteiger partial charge in [-0.1, -0.05) is 0 Å². The highest BCUT2D eigenvalue weighted by molar-refractivity contribution is 8.14. The van der Waals surface area contributed by atoms with E-state index in [1.807, 2.05) is 0 Å². The average molecular weight is 226 g/mol. The van der Waals surface area contributed by atoms with Crippen molar-refractivity contribution in [3.05, 3.63) is 0 Å². The van der Waals surface area contributed by atoms with Gasteiger partial charge in [-0.05, 0) is 12.8 Å². The van der Waals surface area contributed by atoms with Crippen molar-refractivity contribution in [2.24, 2.45) is 0 Å². The van der Waals surface area contributed by atoms with E-state index in [0.717, 1.165) is 0 Å². The van der Waals surface area contributed by atoms with Gasteiger partial charge in [-0.3, -0.25) is 4.79 Å². The number of likely N-dealkylation sites (tertiary alicyclic amines) is 1. The van der Waals surface area contributed by atoms with Crippen LogP contribution in [-0.2, 0) is 13.8 Å². The van der Waals surface area contributed by atoms with Crippen molar-refractivity contribution in [1.82, 2.24) is 4.90 Å². The van der Waals surface area contributed by atoms with Crippen LogP contribution >= 0.6 is 10.7 Å². The summed E-state index contributed by atoms with van der Waals surface area (Å²) in [5, 5.41) is -0.482. The van der Waals surface area contributed by atoms with Crippen molar-refractivity contribution in [3.8, 4) is 0 Å². The van der Waals surface area contributed by atoms with Gasteiger partial charge in [0.05, 0.1) is 5.25 Å². The Morgan fingerprint density at radius 2 is 1.85 bits per heavy atom. The maximum Gasteiger partial charge on any atom is 0.235 e. The van der Waals surface area contributed by atoms with Crippen LogP contribution in [0.25, 0.3) is 0 Å². The van der Waals surface area contributed by atoms with Gasteiger partial charge in [-0.25, -0.2) is 8.42 Å². The third-order valence-corrected chi connectivity index (χ3v) is 4.31. The van der Waals surface area contributed by atoms with Crippen LogP contribution in [0.3, 0.4) is 0 Å². The molecule has 0 aromatic rings. The molecule has 1 heterocycles. The molecule has 0 unspecified atom stereocenters. The molecular weight excluding hydrogens is 214 g/mol. The zero-order valence-electron chi connectivity index (χ0n) is 7.36. The molecule has 76 valence electrons. The standard InChI is InChI=1S/C7H12ClNO3S/c1-6(10)9-4-2-7(3-5-9)13(8,11)12/h7H,2-5H2,1H3. The number of hydrogen-bond donors (Lipinski definition) is 0. The fourth-order valence-corrected chi connectivity index (χ4v) is 2.76. The van der Waals surface area contributed by atoms with E-state index < -0.39 is 14.3 Å². The largest absolute Gasteiger partial charge is 0.343 e. The second-order valence-electron chi connectivity index (χ2n) is 3.18. The molecule has 0 N–H and O–H groups in total. The molecule has 1 aliphatic rings. The van der Waals surface area contributed by atoms with E-state index in [1.54, 1.807) is 4.90 Å². The highest BCUT2D eigenvalue weighted by Crippen LogP contribution is 2.20. The SMILES string of the molecule is CC(=O)N1CCC(S(=O)(=O)Cl)CC1. The Morgan fingerprint density at radius 1 is 1.38 bits per heavy atom. The third-order valence-electron chi connectivity index (χ3n) is 2.29. The van der Waals surface area contributed by atoms with Gasteiger partial charge in [0.15, 0.2) is 0 Å². The van der Waals surface area contributed by atoms with Gasteiger partial charge in [-0.2, -0.15) is 0 Å². The van der Waals surface area contributed by atoms with Gasteiger partial charge in [0, 0.05) is 30.7 Å². The molecule has 0 saturated carbocycles. The molecule has 0 atom stereocenters. The van der Waals surface area contributed by atoms with Crippen molar-refractivity contribution in [1.29, 1.82) is 0 Å². The van der Waals surface area contributed by atoms with E-state index in [2.05, 4.69) is 0 Å². The minimum absolute atomic E-state index is 0.00887. The lowest BCUT2D eigenvalue weighted by molar-refractivity contribution is -0.129. The zero-order valence-corrected chi connectivity index (χ0v) is 8.94. The molecular formula is C7H12ClNO3S. The molecule has 0 aromatic carbocycles. The van der Waals surface area contributed by atoms with Gasteiger partial charge < -0.3 is 4.90 Å². The number of amides is 1. The van der Waals surface area contributed by atoms with Crippen LogP contribution in [0.15, 0.2) is 0 Å². The summed E-state index contributed by atoms with van der Waals surface area (Å²) < 4.78 is 21.8. The van der Waals surface area contributed by atoms with Crippen LogP contribution in [0.2, 0.25) is 0 Å². The molecule has 0 bridgehead atoms. The lowest BCUT2D eigenvalue weighted by atomic mass is 10.1. The fourth-order valence-electron chi connectivity index (χ4n) is 1.45. The molecule has 0 spiro atoms. The van der Waals surface area contributed by atoms with Crippen LogP contribution in [-0.4, -0.2) is 37.6 Å². The predicted molar refractivity (Wildman–Crippen MR) is 50.0 cm³/mol. The zero-order chi connectivity index (χ0) is 10.1. The maximum atomic E-state index is 10.9. The molecule has 13 heavy (non-hydrogen) atoms. The Balaban J connectivity index is 2.53. The van der Waals surface area contributed by atoms with Gasteiger partial charge in [0.1, 0.15) is 0 Å². The van der Waals surface area contributed by atoms with Crippen LogP contribution in [0.4, 0.5) is 0 Å². The Labute approximate surface area is 82.3 Å². The van der Waals surface area contributed by atoms with E-state index >= 15 is 0 Å². The highest BCUT2D eigenvalue weighted by Gasteiger charge is 2.28. The van der Waals surface area contributed by atoms with Crippen LogP contribution < -0.4 is 0 Å². The normalized spacial score (nSPS) is 20.3. The summed E-state index contributed by atoms with van der Waals surface area (Å²) in [4.78, 5) is 12.5. The summed E-state index contributed by atoms with van der Waals surface area (Å²) in [7, 11) is 1.77. The lowest BCUT2D eigenvalue weighted by Crippen LogP contribution is -2.40. The monoisotopic (exact) mass is 225 g/mol. The quantitative estimate of drug-likeness (QED) is 0.613. The van der Waals surface area contributed by atoms with Crippen molar-refractivity contribution in [2.75, 3.05) is 13.1 Å². The Kier molecular flexibility index (Phi) is 3.18. The average Bonchev–Trinajstić information content (AvgIpc) is 2.03. The number of nitrogens with zero attached hydrogens (tertiary/aromatic N) is 1. The van der Waals surface area contributed by atoms with Crippen molar-refractivity contribution >= 4 is 25.6 Å². The van der Waals surface area contributed by atoms with Crippen LogP contribution in [0.1, 0.15) is 19.8 Å². The summed E-state index contributed by atoms with van der Waals surface area (Å²) in [6, 6.07) is 0. The summed E-state index contributed by atoms with van der Waals surface area (Å²) in [5.41, 5.74) is 0. The minimum atomic E-state index is -3.44. The van der Waals surface area contributed by atoms with Crippen molar-refractivity contribution < 1.29 is 13.2 Å². The molecule has 1 saturated heterocycles. The summed E-state index contributed by atoms with van der Waals surface area (Å²) in [5.74, 6) is -0.00887. The number of carbonyl (C=O) groups is 1. The molecule has 0 radical (unpaired) electrons. The first-order valence-electron chi connectivity index (χ1n) is 4.10. The van der Waals surface area contributed by atoms with Gasteiger partial charge in [0.25, 0.3) is 0 Å². The highest BCUT2D eigenvalue weighted by atomic mass is 35.7. The molecule has 4 nitrogen and oxygen atoms in total. The molecule has 1 aliphatic heterocycles. The predicted octanol–water partition coefficient (Wildman–Crippen LogP) is 0.566. The Bertz CT molecular complexity index is 293. The van der Waals surface area contributed by atoms with Crippen LogP contribution in [0, 0.1) is 0 Å². The van der Waals surface area contributed by atoms with Crippen molar-refractivity contribution in [2.45, 2.75) is 25.0 Å². The number of carbonyl (C=O) groups excluding carboxylic acids is 1. The smallest absolute Gasteiger partial charge is 0.235 e. The van der Waals surface area contributed by atoms with E-state index in [4.69, 9.17) is 10.7 Å². The fraction of sp³-hybridized carbons (Fsp3) is 0.857. The summed E-state index contributed by atoms with van der Waals surface area (Å²) in [6.07, 6.45) is 0.900. The van der Waals surface area contributed by atoms with Crippen molar-refractivity contribution in [3.63, 3.8) is 0 Å². The van der Waals surface area contributed by atoms with Gasteiger partial charge in [0.2, 0.25) is 15.0 Å². The van der Waals surface area contributed by atoms with Crippen LogP contribution in [0.5, 0.6) is 0 Å². The number of rotatable bonds is 1. The Morgan fingerprint density at radius 3 is 2.15 bits per heavy atom. The first-order chi connectivity index (χ1) is 5.91. The first-order valence-corrected chi connectivity index (χ1v) is 6.47. The second-order valence-corrected chi connectivity index (χ2v) is 6.09. The second kappa shape index (κ2) is 3.84. The van der Waals surface area contributed by atoms with E-state index in [-0.39, 0.29) is 5.91 Å². The molecule has 0 aliphatic carbocycles. The van der Waals surface area contributed by atoms with Gasteiger partial charge >= 0.3 is 0 Å². The third kappa shape index (κ3) is 2.84. The molecule has 1 rings (SSSR count). The number of halogens is 1. The summed E-state index contributed by atoms with van der Waals surface area (Å²) >= 11 is 0. The minimum Gasteiger partial charge on any atom is -0.343 e. The van der Waals surface area contributed by atoms with E-state index in [9.17, 15) is 13.2 Å². The number of piperidine rings is 1. The molecule has 0 aromatic heterocycles. The van der Waals surface area contributed by atoms with Gasteiger partial charge in [-0.15, -0.1) is 0 Å². The first kappa shape index (κ1) is 10.8. The molecule has 1 fully saturated rings. The molecule has 6 heteroatoms. The summed E-state index contributed by atoms with van der Waals surface area (Å²) in [6.45, 7) is 2.47. The lowest BCUT2D eigenvalue weighted by Gasteiger charge is -2.29. The maximum absolute atomic E-state index is 10.9. The topological polar surface area (TPSA) is 54.5 Å².